The summed E-state index contributed by atoms with van der Waals surface area (Å²) in [4.78, 5) is 35.4. The largest absolute Gasteiger partial charge is 0.445 e. The Morgan fingerprint density at radius 3 is 2.89 bits per heavy atom. The van der Waals surface area contributed by atoms with Gasteiger partial charge in [0, 0.05) is 40.7 Å². The molecule has 2 aromatic heterocycles. The first-order valence-corrected chi connectivity index (χ1v) is 12.4. The number of rotatable bonds is 8. The second kappa shape index (κ2) is 11.0. The maximum Gasteiger partial charge on any atom is 0.408 e. The number of amides is 2. The fraction of sp³-hybridized carbons (Fsp3) is 0.231. The fourth-order valence-corrected chi connectivity index (χ4v) is 4.54. The van der Waals surface area contributed by atoms with E-state index in [9.17, 15) is 14.0 Å². The molecule has 5 rings (SSSR count). The number of pyridine rings is 1. The zero-order valence-corrected chi connectivity index (χ0v) is 21.2. The van der Waals surface area contributed by atoms with E-state index in [4.69, 9.17) is 9.57 Å². The number of carbonyl (C=O) groups excluding carboxylic acids is 2. The minimum absolute atomic E-state index is 0.00891. The summed E-state index contributed by atoms with van der Waals surface area (Å²) in [6.07, 6.45) is 2.87. The highest BCUT2D eigenvalue weighted by molar-refractivity contribution is 9.18. The molecule has 1 aliphatic heterocycles. The molecule has 0 aliphatic carbocycles. The first-order valence-electron chi connectivity index (χ1n) is 11.6. The molecule has 2 aromatic carbocycles. The van der Waals surface area contributed by atoms with Gasteiger partial charge in [-0.2, -0.15) is 0 Å². The average Bonchev–Trinajstić information content (AvgIpc) is 3.50. The van der Waals surface area contributed by atoms with Crippen molar-refractivity contribution in [3.8, 4) is 0 Å². The Kier molecular flexibility index (Phi) is 7.31. The number of hydrogen-bond acceptors (Lipinski definition) is 6. The molecule has 2 N–H and O–H groups in total. The van der Waals surface area contributed by atoms with Gasteiger partial charge >= 0.3 is 6.09 Å². The Balaban J connectivity index is 1.26. The van der Waals surface area contributed by atoms with Crippen molar-refractivity contribution in [2.75, 3.05) is 6.54 Å². The van der Waals surface area contributed by atoms with Gasteiger partial charge in [0.05, 0.1) is 18.6 Å². The van der Waals surface area contributed by atoms with Crippen molar-refractivity contribution in [1.82, 2.24) is 20.2 Å². The molecule has 0 fully saturated rings. The van der Waals surface area contributed by atoms with Gasteiger partial charge < -0.3 is 24.8 Å². The third-order valence-electron chi connectivity index (χ3n) is 5.94. The van der Waals surface area contributed by atoms with E-state index >= 15 is 0 Å². The predicted octanol–water partition coefficient (Wildman–Crippen LogP) is 4.24. The summed E-state index contributed by atoms with van der Waals surface area (Å²) in [6.45, 7) is 0.315. The van der Waals surface area contributed by atoms with Crippen LogP contribution in [0.25, 0.3) is 21.8 Å². The monoisotopic (exact) mass is 567 g/mol. The SMILES string of the molecule is O=C(NC(Cn1ccc2cc(F)ccc21)C(=O)NCC1CC(Br)=NO1)OCc1cnc2ccccc2c1. The number of aromatic nitrogens is 2. The second-order valence-corrected chi connectivity index (χ2v) is 9.54. The summed E-state index contributed by atoms with van der Waals surface area (Å²) in [5.74, 6) is -0.769. The van der Waals surface area contributed by atoms with Gasteiger partial charge in [0.25, 0.3) is 0 Å². The summed E-state index contributed by atoms with van der Waals surface area (Å²) in [5.41, 5.74) is 2.29. The number of nitrogens with one attached hydrogen (secondary N) is 2. The maximum atomic E-state index is 13.6. The van der Waals surface area contributed by atoms with Crippen LogP contribution in [0.1, 0.15) is 12.0 Å². The second-order valence-electron chi connectivity index (χ2n) is 8.62. The number of hydrogen-bond donors (Lipinski definition) is 2. The summed E-state index contributed by atoms with van der Waals surface area (Å²) < 4.78 is 21.5. The molecule has 0 saturated heterocycles. The quantitative estimate of drug-likeness (QED) is 0.331. The lowest BCUT2D eigenvalue weighted by Gasteiger charge is -2.20. The van der Waals surface area contributed by atoms with E-state index in [2.05, 4.69) is 36.7 Å². The van der Waals surface area contributed by atoms with Crippen molar-refractivity contribution in [3.63, 3.8) is 0 Å². The fourth-order valence-electron chi connectivity index (χ4n) is 4.09. The smallest absolute Gasteiger partial charge is 0.408 e. The first kappa shape index (κ1) is 24.7. The van der Waals surface area contributed by atoms with Crippen molar-refractivity contribution >= 4 is 54.4 Å². The molecule has 4 aromatic rings. The van der Waals surface area contributed by atoms with Gasteiger partial charge in [0.15, 0.2) is 6.10 Å². The van der Waals surface area contributed by atoms with Crippen LogP contribution in [0.3, 0.4) is 0 Å². The lowest BCUT2D eigenvalue weighted by Crippen LogP contribution is -2.50. The normalized spacial score (nSPS) is 15.7. The molecule has 2 unspecified atom stereocenters. The Labute approximate surface area is 219 Å². The number of benzene rings is 2. The molecule has 2 amide bonds. The van der Waals surface area contributed by atoms with Gasteiger partial charge in [-0.3, -0.25) is 9.78 Å². The number of carbonyl (C=O) groups is 2. The summed E-state index contributed by atoms with van der Waals surface area (Å²) in [7, 11) is 0. The molecular formula is C26H23BrFN5O4. The van der Waals surface area contributed by atoms with E-state index < -0.39 is 18.0 Å². The van der Waals surface area contributed by atoms with Crippen LogP contribution in [0.4, 0.5) is 9.18 Å². The molecule has 37 heavy (non-hydrogen) atoms. The third kappa shape index (κ3) is 6.05. The molecule has 0 saturated carbocycles. The van der Waals surface area contributed by atoms with Crippen LogP contribution in [0.5, 0.6) is 0 Å². The zero-order valence-electron chi connectivity index (χ0n) is 19.6. The summed E-state index contributed by atoms with van der Waals surface area (Å²) in [5, 5.41) is 10.9. The highest BCUT2D eigenvalue weighted by atomic mass is 79.9. The Hall–Kier alpha value is -3.99. The molecule has 0 radical (unpaired) electrons. The minimum atomic E-state index is -0.964. The number of fused-ring (bicyclic) bond motifs is 2. The van der Waals surface area contributed by atoms with E-state index in [-0.39, 0.29) is 31.6 Å². The molecule has 0 bridgehead atoms. The van der Waals surface area contributed by atoms with Crippen molar-refractivity contribution in [1.29, 1.82) is 0 Å². The summed E-state index contributed by atoms with van der Waals surface area (Å²) in [6, 6.07) is 14.7. The van der Waals surface area contributed by atoms with Gasteiger partial charge in [-0.15, -0.1) is 0 Å². The molecule has 3 heterocycles. The first-order chi connectivity index (χ1) is 17.9. The Morgan fingerprint density at radius 2 is 2.05 bits per heavy atom. The van der Waals surface area contributed by atoms with Crippen LogP contribution >= 0.6 is 15.9 Å². The lowest BCUT2D eigenvalue weighted by atomic mass is 10.2. The topological polar surface area (TPSA) is 107 Å². The van der Waals surface area contributed by atoms with Crippen molar-refractivity contribution < 1.29 is 23.6 Å². The van der Waals surface area contributed by atoms with E-state index in [0.717, 1.165) is 22.0 Å². The van der Waals surface area contributed by atoms with Crippen LogP contribution < -0.4 is 10.6 Å². The number of nitrogens with zero attached hydrogens (tertiary/aromatic N) is 3. The molecular weight excluding hydrogens is 545 g/mol. The van der Waals surface area contributed by atoms with Crippen molar-refractivity contribution in [2.24, 2.45) is 5.16 Å². The molecule has 1 aliphatic rings. The maximum absolute atomic E-state index is 13.6. The van der Waals surface area contributed by atoms with Crippen LogP contribution in [0.2, 0.25) is 0 Å². The van der Waals surface area contributed by atoms with Gasteiger partial charge in [-0.1, -0.05) is 23.4 Å². The van der Waals surface area contributed by atoms with Gasteiger partial charge in [-0.05, 0) is 52.3 Å². The van der Waals surface area contributed by atoms with E-state index in [1.165, 1.54) is 12.1 Å². The lowest BCUT2D eigenvalue weighted by molar-refractivity contribution is -0.124. The highest BCUT2D eigenvalue weighted by Gasteiger charge is 2.26. The number of ether oxygens (including phenoxy) is 1. The van der Waals surface area contributed by atoms with Crippen molar-refractivity contribution in [2.45, 2.75) is 31.7 Å². The van der Waals surface area contributed by atoms with Crippen LogP contribution in [0, 0.1) is 5.82 Å². The van der Waals surface area contributed by atoms with Crippen LogP contribution in [-0.4, -0.2) is 44.9 Å². The Morgan fingerprint density at radius 1 is 1.19 bits per heavy atom. The number of alkyl carbamates (subject to hydrolysis) is 1. The molecule has 11 heteroatoms. The highest BCUT2D eigenvalue weighted by Crippen LogP contribution is 2.18. The molecule has 190 valence electrons. The number of oxime groups is 1. The zero-order chi connectivity index (χ0) is 25.8. The minimum Gasteiger partial charge on any atom is -0.445 e. The molecule has 0 spiro atoms. The Bertz CT molecular complexity index is 1490. The third-order valence-corrected chi connectivity index (χ3v) is 6.41. The van der Waals surface area contributed by atoms with E-state index in [1.807, 2.05) is 30.3 Å². The van der Waals surface area contributed by atoms with Crippen LogP contribution in [-0.2, 0) is 27.5 Å². The van der Waals surface area contributed by atoms with E-state index in [1.54, 1.807) is 29.1 Å². The molecule has 9 nitrogen and oxygen atoms in total. The number of halogens is 2. The average molecular weight is 568 g/mol. The number of para-hydroxylation sites is 1. The predicted molar refractivity (Wildman–Crippen MR) is 140 cm³/mol. The van der Waals surface area contributed by atoms with Crippen LogP contribution in [0.15, 0.2) is 72.1 Å². The van der Waals surface area contributed by atoms with Gasteiger partial charge in [0.2, 0.25) is 5.91 Å². The van der Waals surface area contributed by atoms with E-state index in [0.29, 0.717) is 16.4 Å². The summed E-state index contributed by atoms with van der Waals surface area (Å²) >= 11 is 3.27. The molecule has 2 atom stereocenters. The van der Waals surface area contributed by atoms with Crippen molar-refractivity contribution in [3.05, 3.63) is 78.4 Å². The van der Waals surface area contributed by atoms with Gasteiger partial charge in [-0.25, -0.2) is 9.18 Å². The standard InChI is InChI=1S/C26H23BrFN5O4/c27-24-11-20(37-32-24)13-30-25(34)22(14-33-8-7-18-10-19(28)5-6-23(18)33)31-26(35)36-15-16-9-17-3-1-2-4-21(17)29-12-16/h1-10,12,20,22H,11,13-15H2,(H,30,34)(H,31,35). The van der Waals surface area contributed by atoms with Gasteiger partial charge in [0.1, 0.15) is 23.1 Å².